The van der Waals surface area contributed by atoms with E-state index in [1.165, 1.54) is 25.5 Å². The number of rotatable bonds is 4. The largest absolute Gasteiger partial charge is 0.460 e. The van der Waals surface area contributed by atoms with Gasteiger partial charge in [0.05, 0.1) is 12.2 Å². The van der Waals surface area contributed by atoms with Crippen LogP contribution in [0.3, 0.4) is 0 Å². The summed E-state index contributed by atoms with van der Waals surface area (Å²) in [6, 6.07) is 0. The maximum atomic E-state index is 12.7. The lowest BCUT2D eigenvalue weighted by Gasteiger charge is -2.34. The van der Waals surface area contributed by atoms with Crippen molar-refractivity contribution in [3.05, 3.63) is 23.0 Å². The highest BCUT2D eigenvalue weighted by Gasteiger charge is 2.34. The van der Waals surface area contributed by atoms with Crippen LogP contribution in [0.25, 0.3) is 0 Å². The van der Waals surface area contributed by atoms with Gasteiger partial charge in [0.15, 0.2) is 11.4 Å². The summed E-state index contributed by atoms with van der Waals surface area (Å²) in [5.41, 5.74) is 2.25. The molecule has 0 radical (unpaired) electrons. The molecule has 26 heavy (non-hydrogen) atoms. The van der Waals surface area contributed by atoms with Crippen LogP contribution in [0.5, 0.6) is 5.75 Å². The van der Waals surface area contributed by atoms with Gasteiger partial charge in [-0.2, -0.15) is 0 Å². The first kappa shape index (κ1) is 18.6. The lowest BCUT2D eigenvalue weighted by Crippen LogP contribution is -2.39. The Bertz CT molecular complexity index is 698. The van der Waals surface area contributed by atoms with E-state index in [2.05, 4.69) is 10.3 Å². The molecular formula is C18H25N3O5. The molecule has 0 atom stereocenters. The number of hydrogen-bond acceptors (Lipinski definition) is 6. The van der Waals surface area contributed by atoms with Gasteiger partial charge in [-0.3, -0.25) is 14.8 Å². The van der Waals surface area contributed by atoms with Gasteiger partial charge in [0.25, 0.3) is 11.8 Å². The molecule has 0 spiro atoms. The third-order valence-electron chi connectivity index (χ3n) is 4.89. The topological polar surface area (TPSA) is 110 Å². The van der Waals surface area contributed by atoms with Crippen LogP contribution in [-0.2, 0) is 11.3 Å². The molecule has 0 aromatic carbocycles. The highest BCUT2D eigenvalue weighted by Crippen LogP contribution is 2.35. The van der Waals surface area contributed by atoms with Crippen LogP contribution in [0.4, 0.5) is 0 Å². The van der Waals surface area contributed by atoms with Gasteiger partial charge in [0.1, 0.15) is 0 Å². The second kappa shape index (κ2) is 7.59. The normalized spacial score (nSPS) is 19.2. The Kier molecular flexibility index (Phi) is 5.43. The minimum atomic E-state index is -0.962. The summed E-state index contributed by atoms with van der Waals surface area (Å²) in [5, 5.41) is 11.9. The van der Waals surface area contributed by atoms with Crippen molar-refractivity contribution in [2.45, 2.75) is 58.3 Å². The van der Waals surface area contributed by atoms with Gasteiger partial charge in [-0.05, 0) is 18.8 Å². The number of hydrogen-bond donors (Lipinski definition) is 3. The molecule has 3 N–H and O–H groups in total. The lowest BCUT2D eigenvalue weighted by molar-refractivity contribution is -0.180. The Labute approximate surface area is 152 Å². The number of hydroxylamine groups is 1. The van der Waals surface area contributed by atoms with Crippen molar-refractivity contribution < 1.29 is 24.3 Å². The number of amides is 2. The zero-order chi connectivity index (χ0) is 18.7. The molecule has 1 aliphatic carbocycles. The summed E-state index contributed by atoms with van der Waals surface area (Å²) in [5.74, 6) is -1.35. The van der Waals surface area contributed by atoms with Crippen LogP contribution in [0.2, 0.25) is 0 Å². The molecular weight excluding hydrogens is 338 g/mol. The fourth-order valence-electron chi connectivity index (χ4n) is 3.44. The van der Waals surface area contributed by atoms with E-state index in [1.807, 2.05) is 0 Å². The SMILES string of the molecule is CC1(C)OCc2c(C(=O)NCC3CCCCC3)cnc(C(=O)NO)c2O1. The first-order valence-corrected chi connectivity index (χ1v) is 8.99. The van der Waals surface area contributed by atoms with Gasteiger partial charge < -0.3 is 14.8 Å². The number of aromatic nitrogens is 1. The number of carbonyl (C=O) groups is 2. The van der Waals surface area contributed by atoms with E-state index in [4.69, 9.17) is 14.7 Å². The second-order valence-corrected chi connectivity index (χ2v) is 7.27. The van der Waals surface area contributed by atoms with Crippen LogP contribution in [-0.4, -0.2) is 34.3 Å². The summed E-state index contributed by atoms with van der Waals surface area (Å²) < 4.78 is 11.3. The minimum Gasteiger partial charge on any atom is -0.460 e. The van der Waals surface area contributed by atoms with Crippen molar-refractivity contribution in [2.75, 3.05) is 6.54 Å². The lowest BCUT2D eigenvalue weighted by atomic mass is 9.89. The van der Waals surface area contributed by atoms with E-state index < -0.39 is 11.7 Å². The predicted octanol–water partition coefficient (Wildman–Crippen LogP) is 2.16. The highest BCUT2D eigenvalue weighted by atomic mass is 16.7. The van der Waals surface area contributed by atoms with Crippen molar-refractivity contribution in [3.8, 4) is 5.75 Å². The third kappa shape index (κ3) is 3.96. The molecule has 3 rings (SSSR count). The molecule has 0 unspecified atom stereocenters. The second-order valence-electron chi connectivity index (χ2n) is 7.27. The number of pyridine rings is 1. The average Bonchev–Trinajstić information content (AvgIpc) is 2.64. The quantitative estimate of drug-likeness (QED) is 0.559. The molecule has 8 heteroatoms. The standard InChI is InChI=1S/C18H25N3O5/c1-18(2)25-10-13-12(9-19-14(15(13)26-18)17(23)21-24)16(22)20-8-11-6-4-3-5-7-11/h9,11,24H,3-8,10H2,1-2H3,(H,20,22)(H,21,23). The maximum Gasteiger partial charge on any atom is 0.297 e. The Morgan fingerprint density at radius 3 is 2.69 bits per heavy atom. The van der Waals surface area contributed by atoms with E-state index in [9.17, 15) is 9.59 Å². The fraction of sp³-hybridized carbons (Fsp3) is 0.611. The van der Waals surface area contributed by atoms with Crippen molar-refractivity contribution in [2.24, 2.45) is 5.92 Å². The van der Waals surface area contributed by atoms with Crippen LogP contribution in [0, 0.1) is 5.92 Å². The first-order chi connectivity index (χ1) is 12.4. The van der Waals surface area contributed by atoms with Crippen molar-refractivity contribution in [1.82, 2.24) is 15.8 Å². The summed E-state index contributed by atoms with van der Waals surface area (Å²) in [6.45, 7) is 4.14. The number of nitrogens with one attached hydrogen (secondary N) is 2. The van der Waals surface area contributed by atoms with Gasteiger partial charge in [0, 0.05) is 32.2 Å². The van der Waals surface area contributed by atoms with Crippen LogP contribution >= 0.6 is 0 Å². The molecule has 2 amide bonds. The molecule has 8 nitrogen and oxygen atoms in total. The molecule has 2 aliphatic rings. The number of nitrogens with zero attached hydrogens (tertiary/aromatic N) is 1. The molecule has 1 aromatic rings. The van der Waals surface area contributed by atoms with Crippen LogP contribution < -0.4 is 15.5 Å². The molecule has 1 aliphatic heterocycles. The summed E-state index contributed by atoms with van der Waals surface area (Å²) >= 11 is 0. The fourth-order valence-corrected chi connectivity index (χ4v) is 3.44. The van der Waals surface area contributed by atoms with E-state index >= 15 is 0 Å². The number of carbonyl (C=O) groups excluding carboxylic acids is 2. The van der Waals surface area contributed by atoms with Gasteiger partial charge in [0.2, 0.25) is 5.79 Å². The molecule has 2 heterocycles. The van der Waals surface area contributed by atoms with Crippen molar-refractivity contribution >= 4 is 11.8 Å². The monoisotopic (exact) mass is 363 g/mol. The third-order valence-corrected chi connectivity index (χ3v) is 4.89. The summed E-state index contributed by atoms with van der Waals surface area (Å²) in [4.78, 5) is 28.6. The number of fused-ring (bicyclic) bond motifs is 1. The Balaban J connectivity index is 1.83. The Morgan fingerprint density at radius 1 is 1.27 bits per heavy atom. The van der Waals surface area contributed by atoms with Crippen LogP contribution in [0.1, 0.15) is 72.4 Å². The zero-order valence-electron chi connectivity index (χ0n) is 15.1. The molecule has 1 fully saturated rings. The van der Waals surface area contributed by atoms with Crippen LogP contribution in [0.15, 0.2) is 6.20 Å². The molecule has 0 saturated heterocycles. The highest BCUT2D eigenvalue weighted by molar-refractivity contribution is 5.99. The Morgan fingerprint density at radius 2 is 2.00 bits per heavy atom. The zero-order valence-corrected chi connectivity index (χ0v) is 15.1. The van der Waals surface area contributed by atoms with E-state index in [0.29, 0.717) is 23.6 Å². The maximum absolute atomic E-state index is 12.7. The van der Waals surface area contributed by atoms with Gasteiger partial charge >= 0.3 is 0 Å². The van der Waals surface area contributed by atoms with E-state index in [1.54, 1.807) is 19.3 Å². The molecule has 1 aromatic heterocycles. The molecule has 142 valence electrons. The Hall–Kier alpha value is -2.19. The average molecular weight is 363 g/mol. The summed E-state index contributed by atoms with van der Waals surface area (Å²) in [7, 11) is 0. The predicted molar refractivity (Wildman–Crippen MR) is 91.9 cm³/mol. The van der Waals surface area contributed by atoms with Gasteiger partial charge in [-0.1, -0.05) is 19.3 Å². The van der Waals surface area contributed by atoms with Crippen molar-refractivity contribution in [1.29, 1.82) is 0 Å². The molecule has 1 saturated carbocycles. The smallest absolute Gasteiger partial charge is 0.297 e. The van der Waals surface area contributed by atoms with E-state index in [-0.39, 0.29) is 24.0 Å². The van der Waals surface area contributed by atoms with Gasteiger partial charge in [-0.25, -0.2) is 10.5 Å². The molecule has 0 bridgehead atoms. The van der Waals surface area contributed by atoms with Crippen molar-refractivity contribution in [3.63, 3.8) is 0 Å². The summed E-state index contributed by atoms with van der Waals surface area (Å²) in [6.07, 6.45) is 7.27. The number of ether oxygens (including phenoxy) is 2. The van der Waals surface area contributed by atoms with E-state index in [0.717, 1.165) is 12.8 Å². The minimum absolute atomic E-state index is 0.0808. The first-order valence-electron chi connectivity index (χ1n) is 8.99. The van der Waals surface area contributed by atoms with Gasteiger partial charge in [-0.15, -0.1) is 0 Å².